The molecule has 50 heavy (non-hydrogen) atoms. The molecule has 0 unspecified atom stereocenters. The highest BCUT2D eigenvalue weighted by Gasteiger charge is 2.59. The second kappa shape index (κ2) is 21.8. The van der Waals surface area contributed by atoms with Gasteiger partial charge in [0.15, 0.2) is 0 Å². The van der Waals surface area contributed by atoms with Gasteiger partial charge in [0.1, 0.15) is 6.10 Å². The molecular weight excluding hydrogens is 609 g/mol. The predicted octanol–water partition coefficient (Wildman–Crippen LogP) is 15.4. The van der Waals surface area contributed by atoms with Gasteiger partial charge in [-0.1, -0.05) is 182 Å². The smallest absolute Gasteiger partial charge is 0.306 e. The number of carbonyl (C=O) groups is 1. The number of allylic oxidation sites excluding steroid dienone is 1. The Hall–Kier alpha value is -0.790. The highest BCUT2D eigenvalue weighted by atomic mass is 16.5. The molecule has 0 saturated heterocycles. The maximum absolute atomic E-state index is 12.9. The van der Waals surface area contributed by atoms with E-state index in [9.17, 15) is 4.79 Å². The zero-order valence-corrected chi connectivity index (χ0v) is 34.6. The van der Waals surface area contributed by atoms with E-state index in [1.54, 1.807) is 5.57 Å². The van der Waals surface area contributed by atoms with Crippen molar-refractivity contribution in [2.45, 2.75) is 240 Å². The van der Waals surface area contributed by atoms with Crippen LogP contribution in [0, 0.1) is 46.3 Å². The molecule has 0 heterocycles. The van der Waals surface area contributed by atoms with E-state index < -0.39 is 0 Å². The van der Waals surface area contributed by atoms with Crippen molar-refractivity contribution in [1.82, 2.24) is 0 Å². The Labute approximate surface area is 312 Å². The lowest BCUT2D eigenvalue weighted by molar-refractivity contribution is -0.151. The fraction of sp³-hybridized carbons (Fsp3) is 0.938. The van der Waals surface area contributed by atoms with E-state index in [4.69, 9.17) is 4.74 Å². The Morgan fingerprint density at radius 3 is 1.86 bits per heavy atom. The highest BCUT2D eigenvalue weighted by Crippen LogP contribution is 2.67. The first-order valence-electron chi connectivity index (χ1n) is 23.1. The minimum Gasteiger partial charge on any atom is -0.462 e. The monoisotopic (exact) mass is 695 g/mol. The summed E-state index contributed by atoms with van der Waals surface area (Å²) in [4.78, 5) is 12.9. The van der Waals surface area contributed by atoms with Crippen LogP contribution in [0.3, 0.4) is 0 Å². The molecule has 0 aromatic heterocycles. The van der Waals surface area contributed by atoms with Gasteiger partial charge < -0.3 is 4.74 Å². The van der Waals surface area contributed by atoms with Crippen LogP contribution in [0.15, 0.2) is 11.6 Å². The Balaban J connectivity index is 1.05. The van der Waals surface area contributed by atoms with Gasteiger partial charge in [-0.2, -0.15) is 0 Å². The van der Waals surface area contributed by atoms with Crippen LogP contribution in [0.2, 0.25) is 0 Å². The standard InChI is InChI=1S/C48H86O2/c1-7-8-9-10-11-12-13-14-15-16-17-18-19-20-21-22-23-24-28-46(49)50-41-33-35-47(5)40(37-41)29-30-42-44-32-31-43(39(4)27-25-26-38(2)3)48(44,6)36-34-45(42)47/h29,38-39,41-45H,7-28,30-37H2,1-6H3/t39-,41+,42+,43-,44+,45+,47+,48-/m1/s1. The third-order valence-electron chi connectivity index (χ3n) is 15.3. The van der Waals surface area contributed by atoms with Crippen LogP contribution in [-0.2, 0) is 9.53 Å². The van der Waals surface area contributed by atoms with Crippen LogP contribution in [0.4, 0.5) is 0 Å². The Morgan fingerprint density at radius 1 is 0.700 bits per heavy atom. The van der Waals surface area contributed by atoms with E-state index >= 15 is 0 Å². The van der Waals surface area contributed by atoms with Gasteiger partial charge in [-0.15, -0.1) is 0 Å². The van der Waals surface area contributed by atoms with E-state index in [0.717, 1.165) is 54.8 Å². The fourth-order valence-electron chi connectivity index (χ4n) is 12.2. The number of carbonyl (C=O) groups excluding carboxylic acids is 1. The molecule has 2 heteroatoms. The van der Waals surface area contributed by atoms with Gasteiger partial charge in [0.2, 0.25) is 0 Å². The van der Waals surface area contributed by atoms with Crippen LogP contribution >= 0.6 is 0 Å². The molecule has 0 bridgehead atoms. The topological polar surface area (TPSA) is 26.3 Å². The quantitative estimate of drug-likeness (QED) is 0.0540. The molecule has 3 saturated carbocycles. The lowest BCUT2D eigenvalue weighted by atomic mass is 9.47. The Bertz CT molecular complexity index is 981. The summed E-state index contributed by atoms with van der Waals surface area (Å²) < 4.78 is 6.15. The van der Waals surface area contributed by atoms with Crippen LogP contribution in [0.1, 0.15) is 234 Å². The maximum atomic E-state index is 12.9. The Kier molecular flexibility index (Phi) is 18.3. The summed E-state index contributed by atoms with van der Waals surface area (Å²) in [5.41, 5.74) is 2.54. The molecule has 2 nitrogen and oxygen atoms in total. The average Bonchev–Trinajstić information content (AvgIpc) is 3.45. The van der Waals surface area contributed by atoms with Crippen molar-refractivity contribution in [2.24, 2.45) is 46.3 Å². The predicted molar refractivity (Wildman–Crippen MR) is 216 cm³/mol. The van der Waals surface area contributed by atoms with Crippen LogP contribution in [0.25, 0.3) is 0 Å². The van der Waals surface area contributed by atoms with Crippen molar-refractivity contribution in [3.8, 4) is 0 Å². The largest absolute Gasteiger partial charge is 0.462 e. The third kappa shape index (κ3) is 12.1. The number of hydrogen-bond donors (Lipinski definition) is 0. The average molecular weight is 695 g/mol. The van der Waals surface area contributed by atoms with Gasteiger partial charge in [0.25, 0.3) is 0 Å². The number of esters is 1. The number of fused-ring (bicyclic) bond motifs is 5. The number of hydrogen-bond acceptors (Lipinski definition) is 2. The van der Waals surface area contributed by atoms with Crippen molar-refractivity contribution in [1.29, 1.82) is 0 Å². The first-order valence-corrected chi connectivity index (χ1v) is 23.1. The summed E-state index contributed by atoms with van der Waals surface area (Å²) in [5, 5.41) is 0. The lowest BCUT2D eigenvalue weighted by Gasteiger charge is -2.58. The van der Waals surface area contributed by atoms with Gasteiger partial charge in [0.05, 0.1) is 0 Å². The third-order valence-corrected chi connectivity index (χ3v) is 15.3. The van der Waals surface area contributed by atoms with Crippen molar-refractivity contribution in [3.05, 3.63) is 11.6 Å². The molecule has 4 rings (SSSR count). The minimum atomic E-state index is 0.0670. The molecule has 4 aliphatic carbocycles. The summed E-state index contributed by atoms with van der Waals surface area (Å²) in [6.07, 6.45) is 42.8. The van der Waals surface area contributed by atoms with Gasteiger partial charge in [-0.3, -0.25) is 4.79 Å². The summed E-state index contributed by atoms with van der Waals surface area (Å²) >= 11 is 0. The van der Waals surface area contributed by atoms with E-state index in [2.05, 4.69) is 47.6 Å². The second-order valence-electron chi connectivity index (χ2n) is 19.4. The maximum Gasteiger partial charge on any atom is 0.306 e. The van der Waals surface area contributed by atoms with E-state index in [0.29, 0.717) is 17.3 Å². The minimum absolute atomic E-state index is 0.0670. The molecule has 0 aromatic carbocycles. The second-order valence-corrected chi connectivity index (χ2v) is 19.4. The molecule has 4 aliphatic rings. The normalized spacial score (nSPS) is 31.2. The van der Waals surface area contributed by atoms with Crippen molar-refractivity contribution < 1.29 is 9.53 Å². The van der Waals surface area contributed by atoms with Gasteiger partial charge in [-0.05, 0) is 97.7 Å². The Morgan fingerprint density at radius 2 is 1.28 bits per heavy atom. The zero-order valence-electron chi connectivity index (χ0n) is 34.6. The zero-order chi connectivity index (χ0) is 35.8. The van der Waals surface area contributed by atoms with Crippen molar-refractivity contribution in [3.63, 3.8) is 0 Å². The molecule has 0 aliphatic heterocycles. The van der Waals surface area contributed by atoms with Gasteiger partial charge in [0, 0.05) is 12.8 Å². The molecule has 3 fully saturated rings. The van der Waals surface area contributed by atoms with Crippen LogP contribution in [-0.4, -0.2) is 12.1 Å². The molecular formula is C48H86O2. The molecule has 290 valence electrons. The summed E-state index contributed by atoms with van der Waals surface area (Å²) in [6.45, 7) is 15.0. The SMILES string of the molecule is CCCCCCCCCCCCCCCCCCCCC(=O)O[C@H]1CC[C@@]2(C)C(=CC[C@H]3[C@@H]4CC[C@H]([C@H](C)CCCC(C)C)[C@@]4(C)CC[C@@H]32)C1. The van der Waals surface area contributed by atoms with E-state index in [1.807, 2.05) is 0 Å². The number of rotatable bonds is 25. The summed E-state index contributed by atoms with van der Waals surface area (Å²) in [6, 6.07) is 0. The molecule has 0 N–H and O–H groups in total. The van der Waals surface area contributed by atoms with E-state index in [1.165, 1.54) is 167 Å². The number of ether oxygens (including phenoxy) is 1. The number of unbranched alkanes of at least 4 members (excludes halogenated alkanes) is 17. The summed E-state index contributed by atoms with van der Waals surface area (Å²) in [7, 11) is 0. The molecule has 0 spiro atoms. The van der Waals surface area contributed by atoms with Gasteiger partial charge in [-0.25, -0.2) is 0 Å². The van der Waals surface area contributed by atoms with E-state index in [-0.39, 0.29) is 12.1 Å². The first-order chi connectivity index (χ1) is 24.2. The van der Waals surface area contributed by atoms with Gasteiger partial charge >= 0.3 is 5.97 Å². The molecule has 0 amide bonds. The van der Waals surface area contributed by atoms with Crippen LogP contribution < -0.4 is 0 Å². The first kappa shape index (κ1) is 42.0. The highest BCUT2D eigenvalue weighted by molar-refractivity contribution is 5.69. The lowest BCUT2D eigenvalue weighted by Crippen LogP contribution is -2.51. The fourth-order valence-corrected chi connectivity index (χ4v) is 12.2. The van der Waals surface area contributed by atoms with Crippen LogP contribution in [0.5, 0.6) is 0 Å². The molecule has 0 aromatic rings. The van der Waals surface area contributed by atoms with Crippen molar-refractivity contribution >= 4 is 5.97 Å². The van der Waals surface area contributed by atoms with Crippen molar-refractivity contribution in [2.75, 3.05) is 0 Å². The molecule has 8 atom stereocenters. The summed E-state index contributed by atoms with van der Waals surface area (Å²) in [5.74, 6) is 5.34. The molecule has 0 radical (unpaired) electrons.